The Morgan fingerprint density at radius 3 is 2.67 bits per heavy atom. The zero-order chi connectivity index (χ0) is 13.3. The lowest BCUT2D eigenvalue weighted by Gasteiger charge is -2.32. The number of rotatable bonds is 3. The Hall–Kier alpha value is -1.23. The highest BCUT2D eigenvalue weighted by atomic mass is 35.5. The second-order valence-electron chi connectivity index (χ2n) is 5.28. The molecule has 0 spiro atoms. The zero-order valence-corrected chi connectivity index (χ0v) is 11.4. The molecular weight excluding hydrogens is 254 g/mol. The molecule has 0 saturated heterocycles. The van der Waals surface area contributed by atoms with Crippen molar-refractivity contribution in [1.82, 2.24) is 15.1 Å². The van der Waals surface area contributed by atoms with Crippen LogP contribution in [0.2, 0.25) is 5.02 Å². The predicted molar refractivity (Wildman–Crippen MR) is 68.7 cm³/mol. The van der Waals surface area contributed by atoms with Crippen LogP contribution in [0.15, 0.2) is 6.20 Å². The first-order chi connectivity index (χ1) is 8.42. The second-order valence-corrected chi connectivity index (χ2v) is 5.69. The summed E-state index contributed by atoms with van der Waals surface area (Å²) in [6, 6.07) is -0.341. The van der Waals surface area contributed by atoms with Gasteiger partial charge < -0.3 is 10.4 Å². The van der Waals surface area contributed by atoms with Crippen LogP contribution in [0.25, 0.3) is 0 Å². The van der Waals surface area contributed by atoms with Crippen LogP contribution < -0.4 is 5.32 Å². The lowest BCUT2D eigenvalue weighted by atomic mass is 9.79. The van der Waals surface area contributed by atoms with Crippen LogP contribution in [-0.2, 0) is 7.05 Å². The van der Waals surface area contributed by atoms with E-state index < -0.39 is 6.09 Å². The van der Waals surface area contributed by atoms with E-state index in [-0.39, 0.29) is 11.5 Å². The molecule has 1 aliphatic carbocycles. The minimum absolute atomic E-state index is 0.101. The Bertz CT molecular complexity index is 452. The first kappa shape index (κ1) is 13.2. The summed E-state index contributed by atoms with van der Waals surface area (Å²) in [7, 11) is 1.78. The van der Waals surface area contributed by atoms with Crippen molar-refractivity contribution in [3.8, 4) is 0 Å². The van der Waals surface area contributed by atoms with Crippen molar-refractivity contribution in [2.75, 3.05) is 0 Å². The minimum Gasteiger partial charge on any atom is -0.465 e. The molecule has 1 heterocycles. The summed E-state index contributed by atoms with van der Waals surface area (Å²) in [5.41, 5.74) is 0.530. The predicted octanol–water partition coefficient (Wildman–Crippen LogP) is 2.96. The largest absolute Gasteiger partial charge is 0.465 e. The first-order valence-electron chi connectivity index (χ1n) is 6.11. The normalized spacial score (nSPS) is 19.7. The van der Waals surface area contributed by atoms with Gasteiger partial charge in [0, 0.05) is 13.2 Å². The molecule has 1 saturated carbocycles. The van der Waals surface area contributed by atoms with Gasteiger partial charge in [-0.2, -0.15) is 5.10 Å². The molecule has 1 aromatic rings. The fourth-order valence-corrected chi connectivity index (χ4v) is 3.13. The van der Waals surface area contributed by atoms with Crippen LogP contribution in [0.3, 0.4) is 0 Å². The molecule has 2 N–H and O–H groups in total. The van der Waals surface area contributed by atoms with Gasteiger partial charge >= 0.3 is 6.09 Å². The summed E-state index contributed by atoms with van der Waals surface area (Å²) in [6.07, 6.45) is 4.90. The van der Waals surface area contributed by atoms with Crippen molar-refractivity contribution >= 4 is 17.7 Å². The summed E-state index contributed by atoms with van der Waals surface area (Å²) < 4.78 is 1.62. The molecule has 0 unspecified atom stereocenters. The minimum atomic E-state index is -1.03. The first-order valence-corrected chi connectivity index (χ1v) is 6.49. The molecule has 100 valence electrons. The van der Waals surface area contributed by atoms with Gasteiger partial charge in [0.2, 0.25) is 0 Å². The number of carboxylic acid groups (broad SMARTS) is 1. The molecule has 5 nitrogen and oxygen atoms in total. The Kier molecular flexibility index (Phi) is 3.52. The van der Waals surface area contributed by atoms with Gasteiger partial charge in [0.25, 0.3) is 0 Å². The summed E-state index contributed by atoms with van der Waals surface area (Å²) in [6.45, 7) is 2.10. The SMILES string of the molecule is Cn1cc(Cl)c([C@H](NC(=O)O)C2(C)CCCC2)n1. The van der Waals surface area contributed by atoms with E-state index in [1.807, 2.05) is 0 Å². The molecule has 1 aromatic heterocycles. The van der Waals surface area contributed by atoms with Crippen molar-refractivity contribution in [2.24, 2.45) is 12.5 Å². The van der Waals surface area contributed by atoms with Gasteiger partial charge in [0.05, 0.1) is 11.1 Å². The fourth-order valence-electron chi connectivity index (χ4n) is 2.84. The van der Waals surface area contributed by atoms with Crippen molar-refractivity contribution in [1.29, 1.82) is 0 Å². The number of amides is 1. The lowest BCUT2D eigenvalue weighted by Crippen LogP contribution is -2.38. The Labute approximate surface area is 111 Å². The number of nitrogens with zero attached hydrogens (tertiary/aromatic N) is 2. The van der Waals surface area contributed by atoms with E-state index in [4.69, 9.17) is 16.7 Å². The molecule has 1 aliphatic rings. The van der Waals surface area contributed by atoms with Gasteiger partial charge in [0.15, 0.2) is 0 Å². The summed E-state index contributed by atoms with van der Waals surface area (Å²) in [5.74, 6) is 0. The maximum atomic E-state index is 11.0. The number of hydrogen-bond donors (Lipinski definition) is 2. The van der Waals surface area contributed by atoms with E-state index in [2.05, 4.69) is 17.3 Å². The number of nitrogens with one attached hydrogen (secondary N) is 1. The molecular formula is C12H18ClN3O2. The van der Waals surface area contributed by atoms with Crippen molar-refractivity contribution in [2.45, 2.75) is 38.6 Å². The van der Waals surface area contributed by atoms with E-state index in [1.165, 1.54) is 0 Å². The number of hydrogen-bond acceptors (Lipinski definition) is 2. The van der Waals surface area contributed by atoms with E-state index in [0.717, 1.165) is 25.7 Å². The molecule has 1 amide bonds. The number of carbonyl (C=O) groups is 1. The van der Waals surface area contributed by atoms with Crippen molar-refractivity contribution in [3.63, 3.8) is 0 Å². The smallest absolute Gasteiger partial charge is 0.405 e. The Balaban J connectivity index is 2.36. The number of aromatic nitrogens is 2. The molecule has 18 heavy (non-hydrogen) atoms. The van der Waals surface area contributed by atoms with Gasteiger partial charge in [-0.1, -0.05) is 31.4 Å². The zero-order valence-electron chi connectivity index (χ0n) is 10.6. The van der Waals surface area contributed by atoms with Crippen LogP contribution in [0.5, 0.6) is 0 Å². The van der Waals surface area contributed by atoms with Gasteiger partial charge in [-0.05, 0) is 18.3 Å². The van der Waals surface area contributed by atoms with Crippen LogP contribution in [-0.4, -0.2) is 21.0 Å². The standard InChI is InChI=1S/C12H18ClN3O2/c1-12(5-3-4-6-12)10(14-11(17)18)9-8(13)7-16(2)15-9/h7,10,14H,3-6H2,1-2H3,(H,17,18)/t10-/m0/s1. The highest BCUT2D eigenvalue weighted by Crippen LogP contribution is 2.47. The topological polar surface area (TPSA) is 67.2 Å². The lowest BCUT2D eigenvalue weighted by molar-refractivity contribution is 0.164. The Morgan fingerprint density at radius 1 is 1.61 bits per heavy atom. The summed E-state index contributed by atoms with van der Waals surface area (Å²) in [4.78, 5) is 11.0. The molecule has 0 aromatic carbocycles. The maximum absolute atomic E-state index is 11.0. The molecule has 2 rings (SSSR count). The van der Waals surface area contributed by atoms with Crippen molar-refractivity contribution < 1.29 is 9.90 Å². The third-order valence-electron chi connectivity index (χ3n) is 3.79. The average molecular weight is 272 g/mol. The summed E-state index contributed by atoms with van der Waals surface area (Å²) in [5, 5.41) is 16.4. The van der Waals surface area contributed by atoms with Gasteiger partial charge in [0.1, 0.15) is 5.69 Å². The highest BCUT2D eigenvalue weighted by molar-refractivity contribution is 6.31. The van der Waals surface area contributed by atoms with E-state index >= 15 is 0 Å². The molecule has 1 fully saturated rings. The van der Waals surface area contributed by atoms with Crippen LogP contribution in [0, 0.1) is 5.41 Å². The van der Waals surface area contributed by atoms with E-state index in [1.54, 1.807) is 17.9 Å². The fraction of sp³-hybridized carbons (Fsp3) is 0.667. The van der Waals surface area contributed by atoms with E-state index in [0.29, 0.717) is 10.7 Å². The highest BCUT2D eigenvalue weighted by Gasteiger charge is 2.41. The maximum Gasteiger partial charge on any atom is 0.405 e. The monoisotopic (exact) mass is 271 g/mol. The summed E-state index contributed by atoms with van der Waals surface area (Å²) >= 11 is 6.15. The molecule has 1 atom stereocenters. The number of aryl methyl sites for hydroxylation is 1. The molecule has 0 aliphatic heterocycles. The second kappa shape index (κ2) is 4.80. The average Bonchev–Trinajstić information content (AvgIpc) is 2.82. The van der Waals surface area contributed by atoms with Crippen LogP contribution in [0.1, 0.15) is 44.3 Å². The van der Waals surface area contributed by atoms with Gasteiger partial charge in [-0.3, -0.25) is 4.68 Å². The van der Waals surface area contributed by atoms with Crippen LogP contribution >= 0.6 is 11.6 Å². The van der Waals surface area contributed by atoms with Gasteiger partial charge in [-0.15, -0.1) is 0 Å². The third-order valence-corrected chi connectivity index (χ3v) is 4.09. The Morgan fingerprint density at radius 2 is 2.22 bits per heavy atom. The molecule has 6 heteroatoms. The quantitative estimate of drug-likeness (QED) is 0.888. The number of halogens is 1. The van der Waals surface area contributed by atoms with Crippen molar-refractivity contribution in [3.05, 3.63) is 16.9 Å². The molecule has 0 bridgehead atoms. The third kappa shape index (κ3) is 2.46. The van der Waals surface area contributed by atoms with E-state index in [9.17, 15) is 4.79 Å². The molecule has 0 radical (unpaired) electrons. The van der Waals surface area contributed by atoms with Crippen LogP contribution in [0.4, 0.5) is 4.79 Å². The van der Waals surface area contributed by atoms with Gasteiger partial charge in [-0.25, -0.2) is 4.79 Å².